The predicted molar refractivity (Wildman–Crippen MR) is 213 cm³/mol. The van der Waals surface area contributed by atoms with Crippen LogP contribution in [-0.2, 0) is 49.4 Å². The monoisotopic (exact) mass is 1060 g/mol. The molecule has 0 atom stereocenters. The molecule has 26 heteroatoms. The van der Waals surface area contributed by atoms with Gasteiger partial charge in [-0.25, -0.2) is 0 Å². The zero-order valence-electron chi connectivity index (χ0n) is 36.8. The van der Waals surface area contributed by atoms with E-state index in [-0.39, 0.29) is 0 Å². The zero-order valence-corrected chi connectivity index (χ0v) is 36.8. The van der Waals surface area contributed by atoms with Crippen LogP contribution in [-0.4, -0.2) is 37.3 Å². The van der Waals surface area contributed by atoms with Gasteiger partial charge in [0.25, 0.3) is 0 Å². The molecule has 0 aliphatic carbocycles. The number of alkyl halides is 24. The lowest BCUT2D eigenvalue weighted by molar-refractivity contribution is -0.897. The van der Waals surface area contributed by atoms with Crippen LogP contribution in [0.15, 0.2) is 72.8 Å². The molecule has 0 N–H and O–H groups in total. The molecule has 0 radical (unpaired) electrons. The molecular weight excluding hydrogens is 1020 g/mol. The lowest BCUT2D eigenvalue weighted by Gasteiger charge is -2.46. The third-order valence-corrected chi connectivity index (χ3v) is 12.1. The first-order valence-corrected chi connectivity index (χ1v) is 21.2. The Morgan fingerprint density at radius 1 is 0.324 bits per heavy atom. The molecule has 1 fully saturated rings. The number of unbranched alkanes of at least 4 members (excludes halogenated alkanes) is 5. The molecule has 4 aromatic rings. The number of likely N-dealkylation sites (tertiary alicyclic amines) is 1. The second-order valence-electron chi connectivity index (χ2n) is 17.5. The Morgan fingerprint density at radius 2 is 0.521 bits per heavy atom. The number of nitrogens with zero attached hydrogens (tertiary/aromatic N) is 1. The quantitative estimate of drug-likeness (QED) is 0.0608. The molecule has 1 saturated heterocycles. The van der Waals surface area contributed by atoms with Crippen LogP contribution in [0.5, 0.6) is 0 Å². The molecule has 4 aromatic carbocycles. The summed E-state index contributed by atoms with van der Waals surface area (Å²) in [6.45, 7) is 6.60. The van der Waals surface area contributed by atoms with Crippen molar-refractivity contribution in [3.8, 4) is 0 Å². The number of rotatable bonds is 11. The molecule has 396 valence electrons. The van der Waals surface area contributed by atoms with E-state index in [2.05, 4.69) is 14.0 Å². The molecule has 1 aliphatic heterocycles. The Balaban J connectivity index is 0.000000671. The third-order valence-electron chi connectivity index (χ3n) is 12.1. The van der Waals surface area contributed by atoms with Gasteiger partial charge in [-0.15, -0.1) is 0 Å². The molecule has 5 rings (SSSR count). The largest absolute Gasteiger partial charge is 0.416 e. The zero-order chi connectivity index (χ0) is 54.2. The van der Waals surface area contributed by atoms with Crippen molar-refractivity contribution in [1.29, 1.82) is 0 Å². The van der Waals surface area contributed by atoms with E-state index in [1.54, 1.807) is 0 Å². The molecule has 0 saturated carbocycles. The maximum absolute atomic E-state index is 14.2. The summed E-state index contributed by atoms with van der Waals surface area (Å²) in [6, 6.07) is -8.81. The Kier molecular flexibility index (Phi) is 17.1. The molecule has 1 aliphatic rings. The summed E-state index contributed by atoms with van der Waals surface area (Å²) < 4.78 is 342. The van der Waals surface area contributed by atoms with E-state index in [9.17, 15) is 105 Å². The highest BCUT2D eigenvalue weighted by atomic mass is 19.4. The smallest absolute Gasteiger partial charge is 0.326 e. The van der Waals surface area contributed by atoms with Gasteiger partial charge >= 0.3 is 49.4 Å². The van der Waals surface area contributed by atoms with Gasteiger partial charge in [-0.2, -0.15) is 127 Å². The van der Waals surface area contributed by atoms with E-state index >= 15 is 0 Å². The Morgan fingerprint density at radius 3 is 0.718 bits per heavy atom. The average molecular weight is 1060 g/mol. The Labute approximate surface area is 389 Å². The van der Waals surface area contributed by atoms with Gasteiger partial charge in [0.15, 0.2) is 0 Å². The van der Waals surface area contributed by atoms with Crippen LogP contribution in [0.2, 0.25) is 0 Å². The number of halogens is 24. The predicted octanol–water partition coefficient (Wildman–Crippen LogP) is 14.8. The van der Waals surface area contributed by atoms with E-state index in [0.29, 0.717) is 0 Å². The minimum absolute atomic E-state index is 0.691. The number of hydrogen-bond acceptors (Lipinski definition) is 0. The first-order chi connectivity index (χ1) is 32.0. The van der Waals surface area contributed by atoms with Crippen LogP contribution >= 0.6 is 0 Å². The van der Waals surface area contributed by atoms with Crippen LogP contribution in [0, 0.1) is 0 Å². The summed E-state index contributed by atoms with van der Waals surface area (Å²) >= 11 is 0. The first-order valence-electron chi connectivity index (χ1n) is 21.2. The van der Waals surface area contributed by atoms with Crippen molar-refractivity contribution < 1.29 is 110 Å². The average Bonchev–Trinajstić information content (AvgIpc) is 3.65. The van der Waals surface area contributed by atoms with Crippen molar-refractivity contribution in [3.05, 3.63) is 117 Å². The van der Waals surface area contributed by atoms with Crippen LogP contribution in [0.3, 0.4) is 0 Å². The van der Waals surface area contributed by atoms with E-state index in [1.807, 2.05) is 0 Å². The lowest BCUT2D eigenvalue weighted by Crippen LogP contribution is -2.75. The van der Waals surface area contributed by atoms with Crippen LogP contribution in [0.1, 0.15) is 103 Å². The van der Waals surface area contributed by atoms with Gasteiger partial charge in [0.2, 0.25) is 0 Å². The highest BCUT2D eigenvalue weighted by Crippen LogP contribution is 2.41. The second-order valence-corrected chi connectivity index (χ2v) is 17.5. The lowest BCUT2D eigenvalue weighted by atomic mass is 9.12. The highest BCUT2D eigenvalue weighted by Gasteiger charge is 2.47. The maximum Gasteiger partial charge on any atom is 0.416 e. The first kappa shape index (κ1) is 58.8. The van der Waals surface area contributed by atoms with Crippen LogP contribution in [0.25, 0.3) is 0 Å². The van der Waals surface area contributed by atoms with Gasteiger partial charge in [-0.1, -0.05) is 81.1 Å². The molecule has 0 unspecified atom stereocenters. The summed E-state index contributed by atoms with van der Waals surface area (Å²) in [4.78, 5) is 0. The molecular formula is C45H40BF24N. The van der Waals surface area contributed by atoms with Crippen LogP contribution in [0.4, 0.5) is 105 Å². The Hall–Kier alpha value is -4.78. The van der Waals surface area contributed by atoms with E-state index in [0.717, 1.165) is 0 Å². The van der Waals surface area contributed by atoms with Crippen molar-refractivity contribution in [1.82, 2.24) is 0 Å². The maximum atomic E-state index is 14.2. The fourth-order valence-electron chi connectivity index (χ4n) is 8.67. The van der Waals surface area contributed by atoms with Gasteiger partial charge in [-0.05, 0) is 37.1 Å². The molecule has 0 spiro atoms. The summed E-state index contributed by atoms with van der Waals surface area (Å²) in [5.41, 5.74) is -30.2. The highest BCUT2D eigenvalue weighted by molar-refractivity contribution is 7.20. The number of benzene rings is 4. The molecule has 71 heavy (non-hydrogen) atoms. The SMILES string of the molecule is CCCCCCCC[N+]1(C)CCCC1.FC(F)(F)c1cc([B-](c2cc(C(F)(F)F)cc(C(F)(F)F)c2)(c2cc(C(F)(F)F)cc(C(F)(F)F)c2)c2cc(C(F)(F)F)cc(C(F)(F)F)c2)cc(C(F)(F)F)c1. The molecule has 0 bridgehead atoms. The second kappa shape index (κ2) is 20.6. The van der Waals surface area contributed by atoms with Crippen molar-refractivity contribution in [3.63, 3.8) is 0 Å². The Bertz CT molecular complexity index is 2000. The number of quaternary nitrogens is 1. The normalized spacial score (nSPS) is 15.5. The van der Waals surface area contributed by atoms with E-state index < -0.39 is 195 Å². The third kappa shape index (κ3) is 14.7. The van der Waals surface area contributed by atoms with Gasteiger partial charge < -0.3 is 4.48 Å². The van der Waals surface area contributed by atoms with Gasteiger partial charge in [-0.3, -0.25) is 0 Å². The topological polar surface area (TPSA) is 0 Å². The molecule has 0 amide bonds. The van der Waals surface area contributed by atoms with Crippen molar-refractivity contribution in [2.24, 2.45) is 0 Å². The molecule has 0 aromatic heterocycles. The summed E-state index contributed by atoms with van der Waals surface area (Å²) in [5, 5.41) is 0. The number of hydrogen-bond donors (Lipinski definition) is 0. The summed E-state index contributed by atoms with van der Waals surface area (Å²) in [5.74, 6) is 0. The van der Waals surface area contributed by atoms with Crippen molar-refractivity contribution in [2.75, 3.05) is 26.7 Å². The van der Waals surface area contributed by atoms with Crippen molar-refractivity contribution in [2.45, 2.75) is 108 Å². The van der Waals surface area contributed by atoms with Crippen LogP contribution < -0.4 is 21.9 Å². The van der Waals surface area contributed by atoms with E-state index in [1.165, 1.54) is 75.5 Å². The summed E-state index contributed by atoms with van der Waals surface area (Å²) in [6.07, 6.45) is -43.2. The standard InChI is InChI=1S/C32H12BF24.C13H28N/c34-25(35,36)13-1-14(26(37,38)39)6-21(5-13)33(22-7-15(27(40,41)42)2-16(8-22)28(43,44)45,23-9-17(29(46,47)48)3-18(10-23)30(49,50)51)24-11-19(31(52,53)54)4-20(12-24)32(55,56)57;1-3-4-5-6-7-8-11-14(2)12-9-10-13-14/h1-12H;3-13H2,1-2H3/q-1;+1. The fourth-order valence-corrected chi connectivity index (χ4v) is 8.67. The van der Waals surface area contributed by atoms with Crippen molar-refractivity contribution >= 4 is 28.0 Å². The minimum atomic E-state index is -6.13. The van der Waals surface area contributed by atoms with Gasteiger partial charge in [0, 0.05) is 12.8 Å². The molecule has 1 nitrogen and oxygen atoms in total. The molecule has 1 heterocycles. The minimum Gasteiger partial charge on any atom is -0.326 e. The van der Waals surface area contributed by atoms with E-state index in [4.69, 9.17) is 0 Å². The summed E-state index contributed by atoms with van der Waals surface area (Å²) in [7, 11) is 2.44. The fraction of sp³-hybridized carbons (Fsp3) is 0.467. The van der Waals surface area contributed by atoms with Gasteiger partial charge in [0.05, 0.1) is 71.2 Å². The van der Waals surface area contributed by atoms with Gasteiger partial charge in [0.1, 0.15) is 6.15 Å².